The highest BCUT2D eigenvalue weighted by molar-refractivity contribution is 6.11. The number of Topliss-reactive ketones (excluding diaryl/α,β-unsaturated/α-hetero) is 1. The number of carbonyl (C=O) groups is 4. The van der Waals surface area contributed by atoms with Crippen LogP contribution in [0.4, 0.5) is 4.79 Å². The predicted octanol–water partition coefficient (Wildman–Crippen LogP) is 2.39. The van der Waals surface area contributed by atoms with Crippen molar-refractivity contribution in [3.8, 4) is 0 Å². The second-order valence-corrected chi connectivity index (χ2v) is 6.85. The summed E-state index contributed by atoms with van der Waals surface area (Å²) in [6.07, 6.45) is 1.38. The maximum absolute atomic E-state index is 12.7. The Kier molecular flexibility index (Phi) is 5.22. The van der Waals surface area contributed by atoms with Crippen LogP contribution in [0.2, 0.25) is 0 Å². The minimum Gasteiger partial charge on any atom is -0.453 e. The Labute approximate surface area is 162 Å². The van der Waals surface area contributed by atoms with Crippen LogP contribution in [0.15, 0.2) is 30.5 Å². The number of hydrogen-bond donors (Lipinski definition) is 2. The molecule has 28 heavy (non-hydrogen) atoms. The first kappa shape index (κ1) is 19.6. The van der Waals surface area contributed by atoms with Crippen LogP contribution in [0.3, 0.4) is 0 Å². The van der Waals surface area contributed by atoms with Gasteiger partial charge in [0.1, 0.15) is 12.1 Å². The summed E-state index contributed by atoms with van der Waals surface area (Å²) < 4.78 is 5.20. The molecule has 0 bridgehead atoms. The zero-order chi connectivity index (χ0) is 20.5. The fourth-order valence-corrected chi connectivity index (χ4v) is 3.46. The van der Waals surface area contributed by atoms with Crippen molar-refractivity contribution in [3.63, 3.8) is 0 Å². The zero-order valence-electron chi connectivity index (χ0n) is 16.1. The summed E-state index contributed by atoms with van der Waals surface area (Å²) in [4.78, 5) is 53.5. The van der Waals surface area contributed by atoms with E-state index in [0.29, 0.717) is 18.4 Å². The van der Waals surface area contributed by atoms with Crippen molar-refractivity contribution in [2.45, 2.75) is 45.3 Å². The normalized spacial score (nSPS) is 16.9. The van der Waals surface area contributed by atoms with Crippen LogP contribution in [-0.4, -0.2) is 51.8 Å². The summed E-state index contributed by atoms with van der Waals surface area (Å²) in [6.45, 7) is 4.53. The van der Waals surface area contributed by atoms with Crippen molar-refractivity contribution in [1.29, 1.82) is 0 Å². The number of ketones is 1. The monoisotopic (exact) mass is 385 g/mol. The van der Waals surface area contributed by atoms with Gasteiger partial charge in [-0.25, -0.2) is 4.79 Å². The molecule has 1 atom stereocenters. The summed E-state index contributed by atoms with van der Waals surface area (Å²) in [5.41, 5.74) is 0.240. The standard InChI is InChI=1S/C20H23N3O5/c1-4-20(5-2)18(26)23(19(27)22-20)11-16(24)28-12(3)17(25)14-10-21-15-9-7-6-8-13(14)15/h6-10,12,21H,4-5,11H2,1-3H3,(H,22,27)/t12-/m0/s1. The molecule has 0 aliphatic carbocycles. The lowest BCUT2D eigenvalue weighted by atomic mass is 9.93. The van der Waals surface area contributed by atoms with Crippen LogP contribution in [-0.2, 0) is 14.3 Å². The number of nitrogens with one attached hydrogen (secondary N) is 2. The molecule has 2 aromatic rings. The van der Waals surface area contributed by atoms with E-state index in [0.717, 1.165) is 15.8 Å². The SMILES string of the molecule is CCC1(CC)NC(=O)N(CC(=O)O[C@@H](C)C(=O)c2c[nH]c3ccccc23)C1=O. The summed E-state index contributed by atoms with van der Waals surface area (Å²) in [6, 6.07) is 6.68. The number of ether oxygens (including phenoxy) is 1. The van der Waals surface area contributed by atoms with E-state index in [9.17, 15) is 19.2 Å². The van der Waals surface area contributed by atoms with Crippen molar-refractivity contribution >= 4 is 34.6 Å². The van der Waals surface area contributed by atoms with E-state index in [-0.39, 0.29) is 5.78 Å². The Bertz CT molecular complexity index is 944. The van der Waals surface area contributed by atoms with E-state index in [4.69, 9.17) is 4.74 Å². The number of imide groups is 1. The highest BCUT2D eigenvalue weighted by atomic mass is 16.5. The second-order valence-electron chi connectivity index (χ2n) is 6.85. The zero-order valence-corrected chi connectivity index (χ0v) is 16.1. The lowest BCUT2D eigenvalue weighted by Gasteiger charge is -2.23. The van der Waals surface area contributed by atoms with Gasteiger partial charge in [0.05, 0.1) is 0 Å². The Hall–Kier alpha value is -3.16. The average Bonchev–Trinajstić information content (AvgIpc) is 3.22. The number of rotatable bonds is 7. The third kappa shape index (κ3) is 3.26. The van der Waals surface area contributed by atoms with Crippen molar-refractivity contribution in [2.75, 3.05) is 6.54 Å². The number of carbonyl (C=O) groups excluding carboxylic acids is 4. The van der Waals surface area contributed by atoms with E-state index >= 15 is 0 Å². The van der Waals surface area contributed by atoms with Crippen LogP contribution < -0.4 is 5.32 Å². The molecule has 0 spiro atoms. The lowest BCUT2D eigenvalue weighted by molar-refractivity contribution is -0.150. The molecule has 0 unspecified atom stereocenters. The van der Waals surface area contributed by atoms with E-state index in [1.165, 1.54) is 6.92 Å². The van der Waals surface area contributed by atoms with Gasteiger partial charge in [-0.15, -0.1) is 0 Å². The molecule has 0 saturated carbocycles. The minimum absolute atomic E-state index is 0.362. The van der Waals surface area contributed by atoms with E-state index in [1.54, 1.807) is 26.1 Å². The van der Waals surface area contributed by atoms with Crippen molar-refractivity contribution < 1.29 is 23.9 Å². The quantitative estimate of drug-likeness (QED) is 0.432. The van der Waals surface area contributed by atoms with Gasteiger partial charge in [-0.2, -0.15) is 0 Å². The van der Waals surface area contributed by atoms with Crippen LogP contribution >= 0.6 is 0 Å². The van der Waals surface area contributed by atoms with Crippen LogP contribution in [0.5, 0.6) is 0 Å². The minimum atomic E-state index is -1.05. The largest absolute Gasteiger partial charge is 0.453 e. The number of urea groups is 1. The molecule has 1 saturated heterocycles. The number of benzene rings is 1. The summed E-state index contributed by atoms with van der Waals surface area (Å²) in [5.74, 6) is -1.62. The molecule has 8 nitrogen and oxygen atoms in total. The molecular formula is C20H23N3O5. The van der Waals surface area contributed by atoms with Gasteiger partial charge in [0.15, 0.2) is 6.10 Å². The first-order valence-corrected chi connectivity index (χ1v) is 9.27. The number of para-hydroxylation sites is 1. The third-order valence-corrected chi connectivity index (χ3v) is 5.27. The highest BCUT2D eigenvalue weighted by Crippen LogP contribution is 2.25. The molecule has 3 rings (SSSR count). The predicted molar refractivity (Wildman–Crippen MR) is 102 cm³/mol. The number of H-pyrrole nitrogens is 1. The Morgan fingerprint density at radius 2 is 1.86 bits per heavy atom. The van der Waals surface area contributed by atoms with Gasteiger partial charge in [0.25, 0.3) is 5.91 Å². The van der Waals surface area contributed by atoms with E-state index < -0.39 is 36.1 Å². The van der Waals surface area contributed by atoms with Gasteiger partial charge in [-0.3, -0.25) is 19.3 Å². The van der Waals surface area contributed by atoms with Crippen LogP contribution in [0.25, 0.3) is 10.9 Å². The molecule has 1 aromatic heterocycles. The van der Waals surface area contributed by atoms with E-state index in [1.807, 2.05) is 18.2 Å². The summed E-state index contributed by atoms with van der Waals surface area (Å²) in [5, 5.41) is 3.39. The molecule has 2 heterocycles. The topological polar surface area (TPSA) is 109 Å². The lowest BCUT2D eigenvalue weighted by Crippen LogP contribution is -2.46. The number of fused-ring (bicyclic) bond motifs is 1. The number of aromatic amines is 1. The summed E-state index contributed by atoms with van der Waals surface area (Å²) >= 11 is 0. The number of hydrogen-bond acceptors (Lipinski definition) is 5. The average molecular weight is 385 g/mol. The smallest absolute Gasteiger partial charge is 0.326 e. The van der Waals surface area contributed by atoms with Gasteiger partial charge < -0.3 is 15.0 Å². The molecule has 0 radical (unpaired) electrons. The Balaban J connectivity index is 1.67. The van der Waals surface area contributed by atoms with Crippen molar-refractivity contribution in [3.05, 3.63) is 36.0 Å². The molecule has 3 amide bonds. The number of nitrogens with zero attached hydrogens (tertiary/aromatic N) is 1. The number of aromatic nitrogens is 1. The molecule has 1 aromatic carbocycles. The number of amides is 3. The Morgan fingerprint density at radius 1 is 1.18 bits per heavy atom. The number of esters is 1. The van der Waals surface area contributed by atoms with Gasteiger partial charge in [0, 0.05) is 22.7 Å². The molecule has 8 heteroatoms. The van der Waals surface area contributed by atoms with Crippen LogP contribution in [0.1, 0.15) is 44.0 Å². The van der Waals surface area contributed by atoms with Gasteiger partial charge in [-0.05, 0) is 25.8 Å². The first-order chi connectivity index (χ1) is 13.3. The molecule has 1 aliphatic rings. The van der Waals surface area contributed by atoms with Gasteiger partial charge in [-0.1, -0.05) is 32.0 Å². The highest BCUT2D eigenvalue weighted by Gasteiger charge is 2.49. The van der Waals surface area contributed by atoms with E-state index in [2.05, 4.69) is 10.3 Å². The second kappa shape index (κ2) is 7.46. The maximum Gasteiger partial charge on any atom is 0.326 e. The van der Waals surface area contributed by atoms with Gasteiger partial charge in [0.2, 0.25) is 5.78 Å². The van der Waals surface area contributed by atoms with Gasteiger partial charge >= 0.3 is 12.0 Å². The fraction of sp³-hybridized carbons (Fsp3) is 0.400. The first-order valence-electron chi connectivity index (χ1n) is 9.27. The summed E-state index contributed by atoms with van der Waals surface area (Å²) in [7, 11) is 0. The fourth-order valence-electron chi connectivity index (χ4n) is 3.46. The van der Waals surface area contributed by atoms with Crippen LogP contribution in [0, 0.1) is 0 Å². The van der Waals surface area contributed by atoms with Crippen molar-refractivity contribution in [2.24, 2.45) is 0 Å². The third-order valence-electron chi connectivity index (χ3n) is 5.27. The molecule has 2 N–H and O–H groups in total. The molecule has 1 aliphatic heterocycles. The molecule has 148 valence electrons. The maximum atomic E-state index is 12.7. The van der Waals surface area contributed by atoms with Crippen molar-refractivity contribution in [1.82, 2.24) is 15.2 Å². The Morgan fingerprint density at radius 3 is 2.50 bits per heavy atom. The molecular weight excluding hydrogens is 362 g/mol. The molecule has 1 fully saturated rings.